The molecule has 2 aliphatic rings. The van der Waals surface area contributed by atoms with Crippen LogP contribution in [0.15, 0.2) is 36.7 Å². The van der Waals surface area contributed by atoms with Gasteiger partial charge in [-0.05, 0) is 37.0 Å². The normalized spacial score (nSPS) is 19.3. The zero-order valence-corrected chi connectivity index (χ0v) is 20.2. The third-order valence-electron chi connectivity index (χ3n) is 6.50. The van der Waals surface area contributed by atoms with E-state index in [2.05, 4.69) is 16.9 Å². The molecular formula is C27H36N2O5. The first-order valence-electron chi connectivity index (χ1n) is 12.8. The number of unbranched alkanes of at least 4 members (excludes halogenated alkanes) is 5. The first-order chi connectivity index (χ1) is 16.7. The highest BCUT2D eigenvalue weighted by Gasteiger charge is 2.45. The number of rotatable bonds is 11. The summed E-state index contributed by atoms with van der Waals surface area (Å²) < 4.78 is 23.0. The van der Waals surface area contributed by atoms with Crippen molar-refractivity contribution < 1.29 is 23.7 Å². The van der Waals surface area contributed by atoms with Crippen molar-refractivity contribution in [1.29, 1.82) is 0 Å². The fourth-order valence-corrected chi connectivity index (χ4v) is 4.51. The monoisotopic (exact) mass is 468 g/mol. The van der Waals surface area contributed by atoms with Gasteiger partial charge < -0.3 is 18.9 Å². The Kier molecular flexibility index (Phi) is 8.88. The van der Waals surface area contributed by atoms with Crippen molar-refractivity contribution in [3.8, 4) is 22.9 Å². The van der Waals surface area contributed by atoms with Gasteiger partial charge in [0, 0.05) is 30.8 Å². The molecule has 0 radical (unpaired) electrons. The van der Waals surface area contributed by atoms with E-state index >= 15 is 0 Å². The van der Waals surface area contributed by atoms with E-state index in [1.807, 2.05) is 12.1 Å². The van der Waals surface area contributed by atoms with E-state index in [0.29, 0.717) is 18.4 Å². The predicted octanol–water partition coefficient (Wildman–Crippen LogP) is 5.86. The van der Waals surface area contributed by atoms with Gasteiger partial charge in [0.1, 0.15) is 5.75 Å². The predicted molar refractivity (Wildman–Crippen MR) is 129 cm³/mol. The summed E-state index contributed by atoms with van der Waals surface area (Å²) in [6, 6.07) is 7.70. The van der Waals surface area contributed by atoms with Crippen molar-refractivity contribution in [3.05, 3.63) is 36.7 Å². The number of hydrogen-bond donors (Lipinski definition) is 0. The van der Waals surface area contributed by atoms with Crippen LogP contribution in [0.3, 0.4) is 0 Å². The van der Waals surface area contributed by atoms with Crippen LogP contribution in [-0.4, -0.2) is 41.0 Å². The molecule has 0 bridgehead atoms. The molecule has 7 heteroatoms. The Labute approximate surface area is 202 Å². The quantitative estimate of drug-likeness (QED) is 0.232. The number of benzene rings is 1. The van der Waals surface area contributed by atoms with Crippen LogP contribution in [0.5, 0.6) is 11.8 Å². The highest BCUT2D eigenvalue weighted by Crippen LogP contribution is 2.38. The molecule has 1 aliphatic heterocycles. The van der Waals surface area contributed by atoms with Gasteiger partial charge in [-0.3, -0.25) is 0 Å². The Morgan fingerprint density at radius 2 is 1.68 bits per heavy atom. The Bertz CT molecular complexity index is 894. The van der Waals surface area contributed by atoms with Gasteiger partial charge in [-0.25, -0.2) is 14.8 Å². The third-order valence-corrected chi connectivity index (χ3v) is 6.50. The summed E-state index contributed by atoms with van der Waals surface area (Å²) in [6.07, 6.45) is 15.2. The van der Waals surface area contributed by atoms with Crippen molar-refractivity contribution in [2.45, 2.75) is 89.4 Å². The number of carbonyl (C=O) groups is 1. The van der Waals surface area contributed by atoms with Gasteiger partial charge in [-0.2, -0.15) is 0 Å². The topological polar surface area (TPSA) is 79.8 Å². The van der Waals surface area contributed by atoms with Crippen LogP contribution < -0.4 is 9.47 Å². The molecule has 1 atom stereocenters. The molecule has 34 heavy (non-hydrogen) atoms. The molecule has 0 amide bonds. The van der Waals surface area contributed by atoms with Crippen molar-refractivity contribution in [3.63, 3.8) is 0 Å². The summed E-state index contributed by atoms with van der Waals surface area (Å²) in [5.41, 5.74) is 1.81. The molecule has 2 fully saturated rings. The second-order valence-corrected chi connectivity index (χ2v) is 9.20. The lowest BCUT2D eigenvalue weighted by Crippen LogP contribution is -2.35. The second kappa shape index (κ2) is 12.3. The molecule has 1 aromatic heterocycles. The minimum absolute atomic E-state index is 0.252. The first kappa shape index (κ1) is 24.6. The maximum absolute atomic E-state index is 12.5. The molecule has 0 N–H and O–H groups in total. The fraction of sp³-hybridized carbons (Fsp3) is 0.593. The van der Waals surface area contributed by atoms with Gasteiger partial charge in [-0.1, -0.05) is 57.6 Å². The fourth-order valence-electron chi connectivity index (χ4n) is 4.51. The van der Waals surface area contributed by atoms with Crippen LogP contribution >= 0.6 is 0 Å². The summed E-state index contributed by atoms with van der Waals surface area (Å²) in [4.78, 5) is 21.2. The molecule has 4 rings (SSSR count). The van der Waals surface area contributed by atoms with E-state index in [1.165, 1.54) is 38.5 Å². The van der Waals surface area contributed by atoms with Gasteiger partial charge in [0.15, 0.2) is 11.9 Å². The maximum atomic E-state index is 12.5. The summed E-state index contributed by atoms with van der Waals surface area (Å²) >= 11 is 0. The lowest BCUT2D eigenvalue weighted by molar-refractivity contribution is -0.193. The molecule has 2 aromatic rings. The van der Waals surface area contributed by atoms with Crippen molar-refractivity contribution in [1.82, 2.24) is 9.97 Å². The van der Waals surface area contributed by atoms with Crippen LogP contribution in [0.25, 0.3) is 11.1 Å². The van der Waals surface area contributed by atoms with E-state index in [-0.39, 0.29) is 6.61 Å². The van der Waals surface area contributed by atoms with Crippen LogP contribution in [0.2, 0.25) is 0 Å². The molecule has 7 nitrogen and oxygen atoms in total. The number of hydrogen-bond acceptors (Lipinski definition) is 7. The smallest absolute Gasteiger partial charge is 0.343 e. The maximum Gasteiger partial charge on any atom is 0.343 e. The molecule has 0 unspecified atom stereocenters. The number of aromatic nitrogens is 2. The van der Waals surface area contributed by atoms with E-state index < -0.39 is 17.9 Å². The first-order valence-corrected chi connectivity index (χ1v) is 12.8. The van der Waals surface area contributed by atoms with Crippen LogP contribution in [-0.2, 0) is 14.3 Å². The van der Waals surface area contributed by atoms with Crippen LogP contribution in [0, 0.1) is 0 Å². The van der Waals surface area contributed by atoms with E-state index in [1.54, 1.807) is 24.5 Å². The van der Waals surface area contributed by atoms with Crippen LogP contribution in [0.4, 0.5) is 0 Å². The highest BCUT2D eigenvalue weighted by atomic mass is 16.8. The molecule has 1 spiro atoms. The van der Waals surface area contributed by atoms with Gasteiger partial charge in [0.25, 0.3) is 0 Å². The molecule has 184 valence electrons. The number of carbonyl (C=O) groups excluding carboxylic acids is 1. The molecule has 2 heterocycles. The minimum atomic E-state index is -0.671. The third kappa shape index (κ3) is 6.76. The summed E-state index contributed by atoms with van der Waals surface area (Å²) in [6.45, 7) is 3.12. The number of esters is 1. The highest BCUT2D eigenvalue weighted by molar-refractivity contribution is 5.78. The molecule has 1 aliphatic carbocycles. The average molecular weight is 469 g/mol. The summed E-state index contributed by atoms with van der Waals surface area (Å²) in [5, 5.41) is 0. The standard InChI is InChI=1S/C27H36N2O5/c1-2-3-4-5-6-10-17-31-26-28-18-22(19-29-26)21-11-13-23(14-12-21)33-25(30)24-20-32-27(34-24)15-8-7-9-16-27/h11-14,18-19,24H,2-10,15-17,20H2,1H3/t24-/m1/s1. The van der Waals surface area contributed by atoms with Crippen molar-refractivity contribution in [2.75, 3.05) is 13.2 Å². The van der Waals surface area contributed by atoms with Gasteiger partial charge in [-0.15, -0.1) is 0 Å². The van der Waals surface area contributed by atoms with Crippen molar-refractivity contribution >= 4 is 5.97 Å². The van der Waals surface area contributed by atoms with E-state index in [4.69, 9.17) is 18.9 Å². The average Bonchev–Trinajstić information content (AvgIpc) is 3.28. The molecule has 1 aromatic carbocycles. The minimum Gasteiger partial charge on any atom is -0.463 e. The molecule has 1 saturated heterocycles. The van der Waals surface area contributed by atoms with Crippen LogP contribution in [0.1, 0.15) is 77.6 Å². The molecular weight excluding hydrogens is 432 g/mol. The number of nitrogens with zero attached hydrogens (tertiary/aromatic N) is 2. The summed E-state index contributed by atoms with van der Waals surface area (Å²) in [5.74, 6) is -0.525. The second-order valence-electron chi connectivity index (χ2n) is 9.20. The number of ether oxygens (including phenoxy) is 4. The van der Waals surface area contributed by atoms with E-state index in [9.17, 15) is 4.79 Å². The van der Waals surface area contributed by atoms with Gasteiger partial charge in [0.05, 0.1) is 13.2 Å². The zero-order valence-electron chi connectivity index (χ0n) is 20.2. The van der Waals surface area contributed by atoms with Gasteiger partial charge >= 0.3 is 12.0 Å². The Morgan fingerprint density at radius 3 is 2.41 bits per heavy atom. The Morgan fingerprint density at radius 1 is 0.971 bits per heavy atom. The Balaban J connectivity index is 1.22. The molecule has 1 saturated carbocycles. The summed E-state index contributed by atoms with van der Waals surface area (Å²) in [7, 11) is 0. The largest absolute Gasteiger partial charge is 0.463 e. The van der Waals surface area contributed by atoms with Gasteiger partial charge in [0.2, 0.25) is 0 Å². The Hall–Kier alpha value is -2.51. The van der Waals surface area contributed by atoms with E-state index in [0.717, 1.165) is 43.2 Å². The SMILES string of the molecule is CCCCCCCCOc1ncc(-c2ccc(OC(=O)[C@H]3COC4(CCCCC4)O3)cc2)cn1. The lowest BCUT2D eigenvalue weighted by atomic mass is 9.94. The van der Waals surface area contributed by atoms with Crippen molar-refractivity contribution in [2.24, 2.45) is 0 Å². The lowest BCUT2D eigenvalue weighted by Gasteiger charge is -2.31. The zero-order chi connectivity index (χ0) is 23.6.